The molecule has 16 heavy (non-hydrogen) atoms. The van der Waals surface area contributed by atoms with Gasteiger partial charge < -0.3 is 9.57 Å². The predicted molar refractivity (Wildman–Crippen MR) is 63.8 cm³/mol. The molecule has 4 heteroatoms. The van der Waals surface area contributed by atoms with Gasteiger partial charge in [-0.15, -0.1) is 0 Å². The summed E-state index contributed by atoms with van der Waals surface area (Å²) >= 11 is 6.14. The summed E-state index contributed by atoms with van der Waals surface area (Å²) in [5, 5.41) is 0.666. The molecule has 2 rings (SSSR count). The monoisotopic (exact) mass is 241 g/mol. The van der Waals surface area contributed by atoms with Gasteiger partial charge in [-0.1, -0.05) is 24.6 Å². The van der Waals surface area contributed by atoms with Crippen LogP contribution in [0, 0.1) is 6.92 Å². The maximum atomic E-state index is 6.14. The van der Waals surface area contributed by atoms with Gasteiger partial charge in [-0.25, -0.2) is 0 Å². The Balaban J connectivity index is 2.45. The number of hydrogen-bond donors (Lipinski definition) is 1. The molecule has 0 bridgehead atoms. The lowest BCUT2D eigenvalue weighted by molar-refractivity contribution is 0.0282. The largest absolute Gasteiger partial charge is 0.486 e. The SMILES string of the molecule is CCC1Oc2c(Cl)ccc(C)c2C1NOC. The van der Waals surface area contributed by atoms with E-state index >= 15 is 0 Å². The highest BCUT2D eigenvalue weighted by molar-refractivity contribution is 6.32. The van der Waals surface area contributed by atoms with E-state index in [0.29, 0.717) is 5.02 Å². The number of fused-ring (bicyclic) bond motifs is 1. The molecule has 0 aromatic heterocycles. The third-order valence-electron chi connectivity index (χ3n) is 2.97. The second kappa shape index (κ2) is 4.62. The lowest BCUT2D eigenvalue weighted by Crippen LogP contribution is -2.30. The van der Waals surface area contributed by atoms with E-state index in [0.717, 1.165) is 17.7 Å². The average Bonchev–Trinajstić information content (AvgIpc) is 2.64. The minimum atomic E-state index is 0.0590. The van der Waals surface area contributed by atoms with Crippen LogP contribution in [0.15, 0.2) is 12.1 Å². The molecule has 0 amide bonds. The highest BCUT2D eigenvalue weighted by Gasteiger charge is 2.35. The number of aryl methyl sites for hydroxylation is 1. The lowest BCUT2D eigenvalue weighted by atomic mass is 9.98. The van der Waals surface area contributed by atoms with E-state index in [1.54, 1.807) is 7.11 Å². The van der Waals surface area contributed by atoms with Crippen molar-refractivity contribution >= 4 is 11.6 Å². The van der Waals surface area contributed by atoms with E-state index in [4.69, 9.17) is 21.2 Å². The van der Waals surface area contributed by atoms with E-state index in [1.165, 1.54) is 5.56 Å². The maximum absolute atomic E-state index is 6.14. The highest BCUT2D eigenvalue weighted by atomic mass is 35.5. The molecule has 1 aliphatic heterocycles. The Labute approximate surface area is 101 Å². The zero-order valence-electron chi connectivity index (χ0n) is 9.71. The molecular weight excluding hydrogens is 226 g/mol. The molecular formula is C12H16ClNO2. The van der Waals surface area contributed by atoms with Crippen molar-refractivity contribution in [3.05, 3.63) is 28.3 Å². The topological polar surface area (TPSA) is 30.5 Å². The first-order valence-electron chi connectivity index (χ1n) is 5.43. The van der Waals surface area contributed by atoms with Crippen molar-refractivity contribution in [1.29, 1.82) is 0 Å². The summed E-state index contributed by atoms with van der Waals surface area (Å²) in [5.74, 6) is 0.795. The van der Waals surface area contributed by atoms with Crippen LogP contribution in [0.1, 0.15) is 30.5 Å². The smallest absolute Gasteiger partial charge is 0.143 e. The molecule has 0 radical (unpaired) electrons. The summed E-state index contributed by atoms with van der Waals surface area (Å²) in [6.45, 7) is 4.14. The average molecular weight is 242 g/mol. The molecule has 2 atom stereocenters. The zero-order valence-corrected chi connectivity index (χ0v) is 10.5. The summed E-state index contributed by atoms with van der Waals surface area (Å²) < 4.78 is 5.86. The number of hydroxylamine groups is 1. The quantitative estimate of drug-likeness (QED) is 0.826. The van der Waals surface area contributed by atoms with Gasteiger partial charge in [0.25, 0.3) is 0 Å². The van der Waals surface area contributed by atoms with Crippen molar-refractivity contribution in [2.75, 3.05) is 7.11 Å². The molecule has 0 fully saturated rings. The molecule has 1 aromatic rings. The molecule has 0 spiro atoms. The first kappa shape index (κ1) is 11.7. The Hall–Kier alpha value is -0.770. The number of hydrogen-bond acceptors (Lipinski definition) is 3. The van der Waals surface area contributed by atoms with Gasteiger partial charge in [-0.3, -0.25) is 0 Å². The summed E-state index contributed by atoms with van der Waals surface area (Å²) in [7, 11) is 1.62. The van der Waals surface area contributed by atoms with Crippen LogP contribution in [-0.2, 0) is 4.84 Å². The number of halogens is 1. The fraction of sp³-hybridized carbons (Fsp3) is 0.500. The first-order valence-corrected chi connectivity index (χ1v) is 5.81. The Morgan fingerprint density at radius 1 is 1.50 bits per heavy atom. The Morgan fingerprint density at radius 2 is 2.25 bits per heavy atom. The van der Waals surface area contributed by atoms with Crippen molar-refractivity contribution in [1.82, 2.24) is 5.48 Å². The third-order valence-corrected chi connectivity index (χ3v) is 3.26. The minimum Gasteiger partial charge on any atom is -0.486 e. The van der Waals surface area contributed by atoms with Gasteiger partial charge >= 0.3 is 0 Å². The summed E-state index contributed by atoms with van der Waals surface area (Å²) in [4.78, 5) is 5.04. The zero-order chi connectivity index (χ0) is 11.7. The van der Waals surface area contributed by atoms with E-state index in [2.05, 4.69) is 19.3 Å². The molecule has 0 saturated heterocycles. The van der Waals surface area contributed by atoms with Crippen LogP contribution in [0.4, 0.5) is 0 Å². The maximum Gasteiger partial charge on any atom is 0.143 e. The number of ether oxygens (including phenoxy) is 1. The predicted octanol–water partition coefficient (Wildman–Crippen LogP) is 3.01. The van der Waals surface area contributed by atoms with Gasteiger partial charge in [-0.05, 0) is 25.0 Å². The molecule has 2 unspecified atom stereocenters. The van der Waals surface area contributed by atoms with Crippen LogP contribution in [0.3, 0.4) is 0 Å². The fourth-order valence-electron chi connectivity index (χ4n) is 2.16. The van der Waals surface area contributed by atoms with E-state index < -0.39 is 0 Å². The van der Waals surface area contributed by atoms with Crippen molar-refractivity contribution in [2.45, 2.75) is 32.4 Å². The third kappa shape index (κ3) is 1.79. The molecule has 1 heterocycles. The highest BCUT2D eigenvalue weighted by Crippen LogP contribution is 2.44. The van der Waals surface area contributed by atoms with Gasteiger partial charge in [-0.2, -0.15) is 5.48 Å². The van der Waals surface area contributed by atoms with Crippen molar-refractivity contribution in [3.8, 4) is 5.75 Å². The van der Waals surface area contributed by atoms with Crippen LogP contribution < -0.4 is 10.2 Å². The van der Waals surface area contributed by atoms with Gasteiger partial charge in [0, 0.05) is 5.56 Å². The fourth-order valence-corrected chi connectivity index (χ4v) is 2.37. The minimum absolute atomic E-state index is 0.0590. The van der Waals surface area contributed by atoms with Crippen LogP contribution >= 0.6 is 11.6 Å². The molecule has 0 aliphatic carbocycles. The van der Waals surface area contributed by atoms with Crippen LogP contribution in [0.5, 0.6) is 5.75 Å². The number of rotatable bonds is 3. The van der Waals surface area contributed by atoms with Crippen LogP contribution in [0.2, 0.25) is 5.02 Å². The molecule has 3 nitrogen and oxygen atoms in total. The molecule has 88 valence electrons. The second-order valence-electron chi connectivity index (χ2n) is 3.97. The first-order chi connectivity index (χ1) is 7.69. The van der Waals surface area contributed by atoms with Gasteiger partial charge in [0.1, 0.15) is 11.9 Å². The summed E-state index contributed by atoms with van der Waals surface area (Å²) in [6, 6.07) is 3.94. The number of benzene rings is 1. The lowest BCUT2D eigenvalue weighted by Gasteiger charge is -2.18. The number of nitrogens with one attached hydrogen (secondary N) is 1. The summed E-state index contributed by atoms with van der Waals surface area (Å²) in [6.07, 6.45) is 0.986. The van der Waals surface area contributed by atoms with Crippen molar-refractivity contribution in [2.24, 2.45) is 0 Å². The van der Waals surface area contributed by atoms with E-state index in [-0.39, 0.29) is 12.1 Å². The summed E-state index contributed by atoms with van der Waals surface area (Å²) in [5.41, 5.74) is 5.27. The van der Waals surface area contributed by atoms with Gasteiger partial charge in [0.15, 0.2) is 0 Å². The van der Waals surface area contributed by atoms with Crippen molar-refractivity contribution in [3.63, 3.8) is 0 Å². The molecule has 1 N–H and O–H groups in total. The van der Waals surface area contributed by atoms with E-state index in [1.807, 2.05) is 12.1 Å². The Bertz CT molecular complexity index is 395. The van der Waals surface area contributed by atoms with E-state index in [9.17, 15) is 0 Å². The molecule has 0 saturated carbocycles. The second-order valence-corrected chi connectivity index (χ2v) is 4.38. The van der Waals surface area contributed by atoms with Gasteiger partial charge in [0.2, 0.25) is 0 Å². The van der Waals surface area contributed by atoms with Crippen LogP contribution in [-0.4, -0.2) is 13.2 Å². The van der Waals surface area contributed by atoms with Crippen molar-refractivity contribution < 1.29 is 9.57 Å². The standard InChI is InChI=1S/C12H16ClNO2/c1-4-9-11(14-15-3)10-7(2)5-6-8(13)12(10)16-9/h5-6,9,11,14H,4H2,1-3H3. The molecule has 1 aliphatic rings. The normalized spacial score (nSPS) is 23.0. The van der Waals surface area contributed by atoms with Gasteiger partial charge in [0.05, 0.1) is 18.2 Å². The Morgan fingerprint density at radius 3 is 2.88 bits per heavy atom. The Kier molecular flexibility index (Phi) is 3.38. The van der Waals surface area contributed by atoms with Crippen LogP contribution in [0.25, 0.3) is 0 Å². The molecule has 1 aromatic carbocycles.